The zero-order valence-corrected chi connectivity index (χ0v) is 12.2. The van der Waals surface area contributed by atoms with Crippen molar-refractivity contribution in [2.75, 3.05) is 0 Å². The maximum atomic E-state index is 11.8. The molecule has 22 heavy (non-hydrogen) atoms. The lowest BCUT2D eigenvalue weighted by Gasteiger charge is -2.03. The quantitative estimate of drug-likeness (QED) is 0.410. The van der Waals surface area contributed by atoms with Crippen molar-refractivity contribution in [1.82, 2.24) is 9.38 Å². The number of aromatic nitrogens is 2. The number of ether oxygens (including phenoxy) is 1. The number of nitrogens with zero attached hydrogens (tertiary/aromatic N) is 3. The van der Waals surface area contributed by atoms with Gasteiger partial charge in [-0.15, -0.1) is 11.3 Å². The van der Waals surface area contributed by atoms with Crippen molar-refractivity contribution < 1.29 is 14.5 Å². The van der Waals surface area contributed by atoms with Crippen LogP contribution in [0.1, 0.15) is 11.3 Å². The van der Waals surface area contributed by atoms with E-state index < -0.39 is 4.92 Å². The van der Waals surface area contributed by atoms with E-state index in [1.807, 2.05) is 16.0 Å². The van der Waals surface area contributed by atoms with E-state index in [-0.39, 0.29) is 24.7 Å². The number of imidazole rings is 1. The number of esters is 1. The molecule has 0 N–H and O–H groups in total. The van der Waals surface area contributed by atoms with Crippen molar-refractivity contribution in [3.63, 3.8) is 0 Å². The van der Waals surface area contributed by atoms with Gasteiger partial charge in [-0.2, -0.15) is 0 Å². The number of nitro groups is 1. The lowest BCUT2D eigenvalue weighted by molar-refractivity contribution is -0.384. The molecule has 0 aliphatic rings. The number of carbonyl (C=O) groups excluding carboxylic acids is 1. The number of hydrogen-bond acceptors (Lipinski definition) is 6. The van der Waals surface area contributed by atoms with Crippen LogP contribution in [0.5, 0.6) is 0 Å². The molecule has 0 saturated heterocycles. The van der Waals surface area contributed by atoms with Crippen molar-refractivity contribution in [2.45, 2.75) is 13.0 Å². The molecular weight excluding hydrogens is 306 g/mol. The van der Waals surface area contributed by atoms with Gasteiger partial charge in [-0.1, -0.05) is 0 Å². The predicted molar refractivity (Wildman–Crippen MR) is 79.7 cm³/mol. The zero-order valence-electron chi connectivity index (χ0n) is 11.3. The van der Waals surface area contributed by atoms with Gasteiger partial charge in [0.1, 0.15) is 6.61 Å². The summed E-state index contributed by atoms with van der Waals surface area (Å²) in [5, 5.41) is 12.5. The number of fused-ring (bicyclic) bond motifs is 1. The average molecular weight is 317 g/mol. The molecule has 0 unspecified atom stereocenters. The number of non-ortho nitro benzene ring substituents is 1. The molecule has 3 rings (SSSR count). The van der Waals surface area contributed by atoms with E-state index in [2.05, 4.69) is 4.98 Å². The van der Waals surface area contributed by atoms with Crippen LogP contribution in [0.4, 0.5) is 5.69 Å². The second kappa shape index (κ2) is 5.94. The largest absolute Gasteiger partial charge is 0.461 e. The van der Waals surface area contributed by atoms with E-state index in [0.29, 0.717) is 11.3 Å². The van der Waals surface area contributed by atoms with E-state index in [4.69, 9.17) is 4.74 Å². The minimum absolute atomic E-state index is 0.00755. The fraction of sp³-hybridized carbons (Fsp3) is 0.143. The highest BCUT2D eigenvalue weighted by molar-refractivity contribution is 7.15. The first-order chi connectivity index (χ1) is 10.6. The number of rotatable bonds is 5. The van der Waals surface area contributed by atoms with Crippen molar-refractivity contribution in [3.05, 3.63) is 63.4 Å². The van der Waals surface area contributed by atoms with Crippen LogP contribution in [0.15, 0.2) is 42.0 Å². The van der Waals surface area contributed by atoms with Gasteiger partial charge in [0.2, 0.25) is 0 Å². The fourth-order valence-corrected chi connectivity index (χ4v) is 2.66. The summed E-state index contributed by atoms with van der Waals surface area (Å²) >= 11 is 1.49. The summed E-state index contributed by atoms with van der Waals surface area (Å²) in [6, 6.07) is 5.90. The Hall–Kier alpha value is -2.74. The van der Waals surface area contributed by atoms with Gasteiger partial charge in [0.15, 0.2) is 4.96 Å². The molecule has 0 amide bonds. The third-order valence-corrected chi connectivity index (χ3v) is 3.79. The molecule has 0 bridgehead atoms. The molecule has 0 atom stereocenters. The van der Waals surface area contributed by atoms with E-state index in [1.165, 1.54) is 23.5 Å². The number of hydrogen-bond donors (Lipinski definition) is 0. The van der Waals surface area contributed by atoms with Gasteiger partial charge >= 0.3 is 5.97 Å². The first-order valence-corrected chi connectivity index (χ1v) is 7.30. The molecule has 0 radical (unpaired) electrons. The molecule has 3 aromatic rings. The fourth-order valence-electron chi connectivity index (χ4n) is 1.94. The summed E-state index contributed by atoms with van der Waals surface area (Å²) in [5.41, 5.74) is 1.36. The second-order valence-electron chi connectivity index (χ2n) is 4.59. The highest BCUT2D eigenvalue weighted by Crippen LogP contribution is 2.14. The molecule has 0 aliphatic heterocycles. The Labute approximate surface area is 128 Å². The number of carbonyl (C=O) groups is 1. The molecule has 2 heterocycles. The number of nitro benzene ring substituents is 1. The predicted octanol–water partition coefficient (Wildman–Crippen LogP) is 2.59. The summed E-state index contributed by atoms with van der Waals surface area (Å²) < 4.78 is 7.00. The molecular formula is C14H11N3O4S. The van der Waals surface area contributed by atoms with E-state index in [9.17, 15) is 14.9 Å². The van der Waals surface area contributed by atoms with Gasteiger partial charge in [0.25, 0.3) is 5.69 Å². The first kappa shape index (κ1) is 14.2. The normalized spacial score (nSPS) is 10.7. The van der Waals surface area contributed by atoms with Crippen LogP contribution >= 0.6 is 11.3 Å². The first-order valence-electron chi connectivity index (χ1n) is 6.42. The zero-order chi connectivity index (χ0) is 15.5. The molecule has 7 nitrogen and oxygen atoms in total. The van der Waals surface area contributed by atoms with Crippen molar-refractivity contribution >= 4 is 28.0 Å². The van der Waals surface area contributed by atoms with Gasteiger partial charge in [-0.3, -0.25) is 19.3 Å². The Bertz CT molecular complexity index is 794. The summed E-state index contributed by atoms with van der Waals surface area (Å²) in [6.07, 6.45) is 3.76. The summed E-state index contributed by atoms with van der Waals surface area (Å²) in [6.45, 7) is 0.0824. The second-order valence-corrected chi connectivity index (χ2v) is 5.46. The minimum Gasteiger partial charge on any atom is -0.461 e. The number of thiazole rings is 1. The smallest absolute Gasteiger partial charge is 0.312 e. The number of benzene rings is 1. The van der Waals surface area contributed by atoms with Crippen LogP contribution in [0, 0.1) is 10.1 Å². The maximum Gasteiger partial charge on any atom is 0.312 e. The third-order valence-electron chi connectivity index (χ3n) is 3.02. The van der Waals surface area contributed by atoms with Gasteiger partial charge < -0.3 is 4.74 Å². The average Bonchev–Trinajstić information content (AvgIpc) is 3.06. The molecule has 8 heteroatoms. The SMILES string of the molecule is O=C(Cc1cn2ccsc2n1)OCc1ccc([N+](=O)[O-])cc1. The van der Waals surface area contributed by atoms with Crippen molar-refractivity contribution in [1.29, 1.82) is 0 Å². The summed E-state index contributed by atoms with van der Waals surface area (Å²) in [4.78, 5) is 27.0. The van der Waals surface area contributed by atoms with E-state index in [0.717, 1.165) is 4.96 Å². The van der Waals surface area contributed by atoms with Crippen LogP contribution in [0.25, 0.3) is 4.96 Å². The van der Waals surface area contributed by atoms with Crippen LogP contribution in [-0.2, 0) is 22.6 Å². The molecule has 0 saturated carbocycles. The summed E-state index contributed by atoms with van der Waals surface area (Å²) in [7, 11) is 0. The topological polar surface area (TPSA) is 86.7 Å². The van der Waals surface area contributed by atoms with Crippen molar-refractivity contribution in [2.24, 2.45) is 0 Å². The minimum atomic E-state index is -0.472. The van der Waals surface area contributed by atoms with Crippen molar-refractivity contribution in [3.8, 4) is 0 Å². The van der Waals surface area contributed by atoms with Gasteiger partial charge in [-0.25, -0.2) is 4.98 Å². The van der Waals surface area contributed by atoms with Gasteiger partial charge in [-0.05, 0) is 17.7 Å². The van der Waals surface area contributed by atoms with Crippen LogP contribution < -0.4 is 0 Å². The van der Waals surface area contributed by atoms with Crippen LogP contribution in [0.3, 0.4) is 0 Å². The highest BCUT2D eigenvalue weighted by atomic mass is 32.1. The van der Waals surface area contributed by atoms with Gasteiger partial charge in [0.05, 0.1) is 17.0 Å². The Kier molecular flexibility index (Phi) is 3.84. The Morgan fingerprint density at radius 1 is 1.36 bits per heavy atom. The Morgan fingerprint density at radius 3 is 2.82 bits per heavy atom. The molecule has 0 spiro atoms. The molecule has 0 aliphatic carbocycles. The Morgan fingerprint density at radius 2 is 2.14 bits per heavy atom. The lowest BCUT2D eigenvalue weighted by atomic mass is 10.2. The van der Waals surface area contributed by atoms with E-state index >= 15 is 0 Å². The molecule has 1 aromatic carbocycles. The molecule has 0 fully saturated rings. The third kappa shape index (κ3) is 3.12. The summed E-state index contributed by atoms with van der Waals surface area (Å²) in [5.74, 6) is -0.385. The van der Waals surface area contributed by atoms with E-state index in [1.54, 1.807) is 18.3 Å². The monoisotopic (exact) mass is 317 g/mol. The molecule has 112 valence electrons. The van der Waals surface area contributed by atoms with Crippen LogP contribution in [-0.4, -0.2) is 20.3 Å². The standard InChI is InChI=1S/C14H11N3O4S/c18-13(7-11-8-16-5-6-22-14(16)15-11)21-9-10-1-3-12(4-2-10)17(19)20/h1-6,8H,7,9H2. The highest BCUT2D eigenvalue weighted by Gasteiger charge is 2.10. The molecule has 2 aromatic heterocycles. The maximum absolute atomic E-state index is 11.8. The van der Waals surface area contributed by atoms with Crippen LogP contribution in [0.2, 0.25) is 0 Å². The Balaban J connectivity index is 1.55. The lowest BCUT2D eigenvalue weighted by Crippen LogP contribution is -2.08. The van der Waals surface area contributed by atoms with Gasteiger partial charge in [0, 0.05) is 29.9 Å².